The zero-order chi connectivity index (χ0) is 15.9. The molecule has 1 aliphatic rings. The molecule has 0 N–H and O–H groups in total. The molecule has 1 heterocycles. The zero-order valence-electron chi connectivity index (χ0n) is 14.4. The number of nitrogens with zero attached hydrogens (tertiary/aromatic N) is 2. The Hall–Kier alpha value is -1.80. The van der Waals surface area contributed by atoms with Crippen molar-refractivity contribution in [1.82, 2.24) is 5.01 Å². The summed E-state index contributed by atoms with van der Waals surface area (Å²) in [6, 6.07) is 11.1. The predicted octanol–water partition coefficient (Wildman–Crippen LogP) is 4.77. The topological polar surface area (TPSA) is 6.48 Å². The Balaban J connectivity index is 2.26. The quantitative estimate of drug-likeness (QED) is 0.804. The maximum absolute atomic E-state index is 2.36. The van der Waals surface area contributed by atoms with Gasteiger partial charge in [-0.15, -0.1) is 0 Å². The first-order chi connectivity index (χ1) is 10.5. The highest BCUT2D eigenvalue weighted by Gasteiger charge is 2.27. The fourth-order valence-corrected chi connectivity index (χ4v) is 3.61. The number of hydrogen-bond acceptors (Lipinski definition) is 2. The van der Waals surface area contributed by atoms with Crippen LogP contribution in [0.25, 0.3) is 0 Å². The fourth-order valence-electron chi connectivity index (χ4n) is 3.61. The van der Waals surface area contributed by atoms with Crippen molar-refractivity contribution in [2.45, 2.75) is 40.0 Å². The van der Waals surface area contributed by atoms with Gasteiger partial charge in [-0.1, -0.05) is 31.5 Å². The van der Waals surface area contributed by atoms with Crippen LogP contribution >= 0.6 is 0 Å². The molecule has 0 bridgehead atoms. The monoisotopic (exact) mass is 294 g/mol. The van der Waals surface area contributed by atoms with Crippen molar-refractivity contribution in [3.63, 3.8) is 0 Å². The first-order valence-corrected chi connectivity index (χ1v) is 8.21. The van der Waals surface area contributed by atoms with E-state index in [1.807, 2.05) is 0 Å². The second-order valence-electron chi connectivity index (χ2n) is 6.51. The third kappa shape index (κ3) is 2.32. The van der Waals surface area contributed by atoms with E-state index < -0.39 is 0 Å². The van der Waals surface area contributed by atoms with E-state index >= 15 is 0 Å². The Morgan fingerprint density at radius 1 is 1.09 bits per heavy atom. The lowest BCUT2D eigenvalue weighted by atomic mass is 9.86. The van der Waals surface area contributed by atoms with Gasteiger partial charge < -0.3 is 0 Å². The first-order valence-electron chi connectivity index (χ1n) is 8.21. The molecule has 0 amide bonds. The average Bonchev–Trinajstić information content (AvgIpc) is 2.49. The van der Waals surface area contributed by atoms with Gasteiger partial charge in [-0.2, -0.15) is 0 Å². The second kappa shape index (κ2) is 5.77. The lowest BCUT2D eigenvalue weighted by Gasteiger charge is -2.39. The third-order valence-corrected chi connectivity index (χ3v) is 4.79. The van der Waals surface area contributed by atoms with Gasteiger partial charge in [-0.05, 0) is 60.2 Å². The molecule has 0 saturated carbocycles. The van der Waals surface area contributed by atoms with E-state index in [-0.39, 0.29) is 0 Å². The largest absolute Gasteiger partial charge is 0.274 e. The summed E-state index contributed by atoms with van der Waals surface area (Å²) >= 11 is 0. The molecule has 1 aliphatic heterocycles. The molecule has 22 heavy (non-hydrogen) atoms. The van der Waals surface area contributed by atoms with E-state index in [2.05, 4.69) is 75.2 Å². The van der Waals surface area contributed by atoms with Crippen molar-refractivity contribution in [2.24, 2.45) is 0 Å². The number of hydrogen-bond donors (Lipinski definition) is 0. The first kappa shape index (κ1) is 15.1. The summed E-state index contributed by atoms with van der Waals surface area (Å²) in [7, 11) is 4.25. The molecule has 0 atom stereocenters. The number of rotatable bonds is 3. The molecule has 0 aliphatic carbocycles. The SMILES string of the molecule is CCCc1c(C)c(C)cc2c1Cc1ccccc1N2N(C)C. The van der Waals surface area contributed by atoms with Crippen LogP contribution in [0.5, 0.6) is 0 Å². The fraction of sp³-hybridized carbons (Fsp3) is 0.400. The van der Waals surface area contributed by atoms with Gasteiger partial charge in [0.25, 0.3) is 0 Å². The molecule has 2 heteroatoms. The Labute approximate surface area is 134 Å². The lowest BCUT2D eigenvalue weighted by Crippen LogP contribution is -2.36. The molecule has 0 spiro atoms. The minimum atomic E-state index is 1.05. The molecule has 3 rings (SSSR count). The van der Waals surface area contributed by atoms with E-state index in [9.17, 15) is 0 Å². The molecular formula is C20H26N2. The summed E-state index contributed by atoms with van der Waals surface area (Å²) in [4.78, 5) is 0. The van der Waals surface area contributed by atoms with Crippen LogP contribution in [0.4, 0.5) is 11.4 Å². The van der Waals surface area contributed by atoms with Gasteiger partial charge in [0.2, 0.25) is 0 Å². The van der Waals surface area contributed by atoms with Crippen LogP contribution in [0.2, 0.25) is 0 Å². The summed E-state index contributed by atoms with van der Waals surface area (Å²) in [5.74, 6) is 0. The van der Waals surface area contributed by atoms with Gasteiger partial charge in [0.15, 0.2) is 0 Å². The van der Waals surface area contributed by atoms with Crippen molar-refractivity contribution in [3.05, 3.63) is 58.1 Å². The molecule has 2 aromatic rings. The standard InChI is InChI=1S/C20H26N2/c1-6-9-17-15(3)14(2)12-20-18(17)13-16-10-7-8-11-19(16)22(20)21(4)5/h7-8,10-12H,6,9,13H2,1-5H3. The zero-order valence-corrected chi connectivity index (χ0v) is 14.4. The van der Waals surface area contributed by atoms with E-state index in [0.717, 1.165) is 6.42 Å². The number of para-hydroxylation sites is 1. The molecule has 0 saturated heterocycles. The maximum atomic E-state index is 2.36. The summed E-state index contributed by atoms with van der Waals surface area (Å²) in [5, 5.41) is 4.56. The Bertz CT molecular complexity index is 701. The Morgan fingerprint density at radius 3 is 2.50 bits per heavy atom. The average molecular weight is 294 g/mol. The van der Waals surface area contributed by atoms with Gasteiger partial charge in [0.05, 0.1) is 11.4 Å². The van der Waals surface area contributed by atoms with Crippen LogP contribution in [0.3, 0.4) is 0 Å². The van der Waals surface area contributed by atoms with E-state index in [1.54, 1.807) is 5.56 Å². The Morgan fingerprint density at radius 2 is 1.82 bits per heavy atom. The number of anilines is 2. The van der Waals surface area contributed by atoms with Crippen molar-refractivity contribution >= 4 is 11.4 Å². The van der Waals surface area contributed by atoms with Gasteiger partial charge in [-0.3, -0.25) is 5.01 Å². The summed E-state index contributed by atoms with van der Waals surface area (Å²) in [5.41, 5.74) is 10.0. The number of fused-ring (bicyclic) bond motifs is 2. The van der Waals surface area contributed by atoms with E-state index in [1.165, 1.54) is 46.5 Å². The van der Waals surface area contributed by atoms with Gasteiger partial charge in [-0.25, -0.2) is 5.01 Å². The van der Waals surface area contributed by atoms with Gasteiger partial charge in [0, 0.05) is 20.5 Å². The lowest BCUT2D eigenvalue weighted by molar-refractivity contribution is 0.413. The smallest absolute Gasteiger partial charge is 0.0621 e. The van der Waals surface area contributed by atoms with Crippen molar-refractivity contribution < 1.29 is 0 Å². The van der Waals surface area contributed by atoms with Crippen LogP contribution in [-0.4, -0.2) is 19.1 Å². The number of benzene rings is 2. The predicted molar refractivity (Wildman–Crippen MR) is 95.0 cm³/mol. The second-order valence-corrected chi connectivity index (χ2v) is 6.51. The van der Waals surface area contributed by atoms with Crippen LogP contribution in [-0.2, 0) is 12.8 Å². The van der Waals surface area contributed by atoms with Crippen LogP contribution in [0, 0.1) is 13.8 Å². The number of hydrazine groups is 1. The van der Waals surface area contributed by atoms with Crippen molar-refractivity contribution in [1.29, 1.82) is 0 Å². The van der Waals surface area contributed by atoms with Crippen molar-refractivity contribution in [3.8, 4) is 0 Å². The molecule has 116 valence electrons. The van der Waals surface area contributed by atoms with Crippen molar-refractivity contribution in [2.75, 3.05) is 19.1 Å². The minimum absolute atomic E-state index is 1.05. The number of aryl methyl sites for hydroxylation is 1. The maximum Gasteiger partial charge on any atom is 0.0621 e. The highest BCUT2D eigenvalue weighted by Crippen LogP contribution is 2.42. The molecule has 2 aromatic carbocycles. The summed E-state index contributed by atoms with van der Waals surface area (Å²) in [6.45, 7) is 6.79. The highest BCUT2D eigenvalue weighted by atomic mass is 15.6. The normalized spacial score (nSPS) is 13.3. The molecule has 0 radical (unpaired) electrons. The highest BCUT2D eigenvalue weighted by molar-refractivity contribution is 5.76. The summed E-state index contributed by atoms with van der Waals surface area (Å²) in [6.07, 6.45) is 3.41. The Kier molecular flexibility index (Phi) is 3.96. The van der Waals surface area contributed by atoms with Crippen LogP contribution < -0.4 is 5.01 Å². The molecule has 0 unspecified atom stereocenters. The summed E-state index contributed by atoms with van der Waals surface area (Å²) < 4.78 is 0. The minimum Gasteiger partial charge on any atom is -0.274 e. The molecule has 0 aromatic heterocycles. The van der Waals surface area contributed by atoms with Crippen LogP contribution in [0.1, 0.15) is 41.2 Å². The molecular weight excluding hydrogens is 268 g/mol. The van der Waals surface area contributed by atoms with E-state index in [0.29, 0.717) is 0 Å². The molecule has 2 nitrogen and oxygen atoms in total. The van der Waals surface area contributed by atoms with Crippen LogP contribution in [0.15, 0.2) is 30.3 Å². The van der Waals surface area contributed by atoms with Gasteiger partial charge >= 0.3 is 0 Å². The molecule has 0 fully saturated rings. The van der Waals surface area contributed by atoms with E-state index in [4.69, 9.17) is 0 Å². The third-order valence-electron chi connectivity index (χ3n) is 4.79. The van der Waals surface area contributed by atoms with Gasteiger partial charge in [0.1, 0.15) is 0 Å².